The molecule has 0 fully saturated rings. The van der Waals surface area contributed by atoms with Crippen LogP contribution in [-0.2, 0) is 0 Å². The lowest BCUT2D eigenvalue weighted by Crippen LogP contribution is -2.04. The monoisotopic (exact) mass is 273 g/mol. The zero-order valence-electron chi connectivity index (χ0n) is 10.8. The molecular weight excluding hydrogens is 258 g/mol. The lowest BCUT2D eigenvalue weighted by molar-refractivity contribution is 0.352. The highest BCUT2D eigenvalue weighted by Crippen LogP contribution is 2.49. The SMILES string of the molecule is COc1cccc([C@@H]2Nc3ccccc3S2)c1OC. The first kappa shape index (κ1) is 12.2. The molecule has 2 aromatic rings. The predicted octanol–water partition coefficient (Wildman–Crippen LogP) is 3.92. The maximum absolute atomic E-state index is 5.50. The predicted molar refractivity (Wildman–Crippen MR) is 78.2 cm³/mol. The molecule has 1 heterocycles. The third-order valence-electron chi connectivity index (χ3n) is 3.13. The zero-order valence-corrected chi connectivity index (χ0v) is 11.7. The van der Waals surface area contributed by atoms with Crippen LogP contribution in [0.5, 0.6) is 11.5 Å². The average molecular weight is 273 g/mol. The maximum atomic E-state index is 5.50. The van der Waals surface area contributed by atoms with E-state index >= 15 is 0 Å². The van der Waals surface area contributed by atoms with Crippen LogP contribution in [-0.4, -0.2) is 14.2 Å². The third kappa shape index (κ3) is 2.12. The molecule has 19 heavy (non-hydrogen) atoms. The number of benzene rings is 2. The van der Waals surface area contributed by atoms with Crippen molar-refractivity contribution in [2.75, 3.05) is 19.5 Å². The molecule has 0 amide bonds. The zero-order chi connectivity index (χ0) is 13.2. The molecule has 98 valence electrons. The summed E-state index contributed by atoms with van der Waals surface area (Å²) in [7, 11) is 3.33. The van der Waals surface area contributed by atoms with Gasteiger partial charge in [0.2, 0.25) is 0 Å². The second-order valence-corrected chi connectivity index (χ2v) is 5.37. The quantitative estimate of drug-likeness (QED) is 0.918. The fourth-order valence-corrected chi connectivity index (χ4v) is 3.41. The third-order valence-corrected chi connectivity index (χ3v) is 4.35. The van der Waals surface area contributed by atoms with Crippen LogP contribution in [0.4, 0.5) is 5.69 Å². The Morgan fingerprint density at radius 3 is 2.58 bits per heavy atom. The van der Waals surface area contributed by atoms with Gasteiger partial charge in [0.25, 0.3) is 0 Å². The van der Waals surface area contributed by atoms with Crippen molar-refractivity contribution in [3.8, 4) is 11.5 Å². The van der Waals surface area contributed by atoms with Crippen molar-refractivity contribution in [1.29, 1.82) is 0 Å². The highest BCUT2D eigenvalue weighted by Gasteiger charge is 2.26. The number of methoxy groups -OCH3 is 2. The average Bonchev–Trinajstić information content (AvgIpc) is 2.89. The first-order valence-electron chi connectivity index (χ1n) is 6.06. The highest BCUT2D eigenvalue weighted by atomic mass is 32.2. The molecule has 0 unspecified atom stereocenters. The first-order chi connectivity index (χ1) is 9.33. The summed E-state index contributed by atoms with van der Waals surface area (Å²) in [5, 5.41) is 3.66. The van der Waals surface area contributed by atoms with Gasteiger partial charge < -0.3 is 14.8 Å². The normalized spacial score (nSPS) is 16.6. The summed E-state index contributed by atoms with van der Waals surface area (Å²) in [5.74, 6) is 1.56. The van der Waals surface area contributed by atoms with Gasteiger partial charge in [-0.15, -0.1) is 0 Å². The Bertz CT molecular complexity index is 575. The van der Waals surface area contributed by atoms with Gasteiger partial charge in [0.15, 0.2) is 11.5 Å². The molecular formula is C15H15NO2S. The Hall–Kier alpha value is -1.81. The minimum atomic E-state index is 0.155. The molecule has 0 bridgehead atoms. The molecule has 0 aliphatic carbocycles. The molecule has 0 spiro atoms. The van der Waals surface area contributed by atoms with Gasteiger partial charge in [-0.25, -0.2) is 0 Å². The van der Waals surface area contributed by atoms with Crippen LogP contribution >= 0.6 is 11.8 Å². The van der Waals surface area contributed by atoms with Crippen LogP contribution in [0.1, 0.15) is 10.9 Å². The second-order valence-electron chi connectivity index (χ2n) is 4.22. The molecule has 1 atom stereocenters. The molecule has 0 saturated heterocycles. The van der Waals surface area contributed by atoms with Crippen molar-refractivity contribution in [3.63, 3.8) is 0 Å². The molecule has 2 aromatic carbocycles. The Morgan fingerprint density at radius 1 is 1.00 bits per heavy atom. The molecule has 4 heteroatoms. The minimum Gasteiger partial charge on any atom is -0.493 e. The summed E-state index contributed by atoms with van der Waals surface area (Å²) in [4.78, 5) is 1.26. The lowest BCUT2D eigenvalue weighted by atomic mass is 10.1. The van der Waals surface area contributed by atoms with Gasteiger partial charge in [0.05, 0.1) is 14.2 Å². The van der Waals surface area contributed by atoms with Gasteiger partial charge in [0.1, 0.15) is 5.37 Å². The van der Waals surface area contributed by atoms with E-state index in [0.29, 0.717) is 0 Å². The van der Waals surface area contributed by atoms with Crippen LogP contribution < -0.4 is 14.8 Å². The van der Waals surface area contributed by atoms with Crippen LogP contribution in [0.25, 0.3) is 0 Å². The summed E-state index contributed by atoms with van der Waals surface area (Å²) < 4.78 is 10.9. The lowest BCUT2D eigenvalue weighted by Gasteiger charge is -2.17. The molecule has 3 nitrogen and oxygen atoms in total. The Balaban J connectivity index is 1.97. The van der Waals surface area contributed by atoms with Crippen molar-refractivity contribution in [1.82, 2.24) is 0 Å². The number of nitrogens with one attached hydrogen (secondary N) is 1. The largest absolute Gasteiger partial charge is 0.493 e. The van der Waals surface area contributed by atoms with Gasteiger partial charge in [-0.2, -0.15) is 0 Å². The van der Waals surface area contributed by atoms with E-state index in [2.05, 4.69) is 29.6 Å². The van der Waals surface area contributed by atoms with Crippen LogP contribution in [0.3, 0.4) is 0 Å². The van der Waals surface area contributed by atoms with Crippen molar-refractivity contribution < 1.29 is 9.47 Å². The molecule has 1 aliphatic heterocycles. The minimum absolute atomic E-state index is 0.155. The number of hydrogen-bond acceptors (Lipinski definition) is 4. The van der Waals surface area contributed by atoms with Gasteiger partial charge >= 0.3 is 0 Å². The van der Waals surface area contributed by atoms with Crippen molar-refractivity contribution in [3.05, 3.63) is 48.0 Å². The van der Waals surface area contributed by atoms with Crippen LogP contribution in [0, 0.1) is 0 Å². The number of rotatable bonds is 3. The van der Waals surface area contributed by atoms with Gasteiger partial charge in [-0.1, -0.05) is 36.0 Å². The number of fused-ring (bicyclic) bond motifs is 1. The van der Waals surface area contributed by atoms with E-state index in [-0.39, 0.29) is 5.37 Å². The fraction of sp³-hybridized carbons (Fsp3) is 0.200. The maximum Gasteiger partial charge on any atom is 0.166 e. The molecule has 1 N–H and O–H groups in total. The smallest absolute Gasteiger partial charge is 0.166 e. The number of para-hydroxylation sites is 2. The van der Waals surface area contributed by atoms with E-state index < -0.39 is 0 Å². The summed E-state index contributed by atoms with van der Waals surface area (Å²) in [6.45, 7) is 0. The van der Waals surface area contributed by atoms with Crippen LogP contribution in [0.2, 0.25) is 0 Å². The van der Waals surface area contributed by atoms with Crippen molar-refractivity contribution >= 4 is 17.4 Å². The summed E-state index contributed by atoms with van der Waals surface area (Å²) >= 11 is 1.79. The number of anilines is 1. The summed E-state index contributed by atoms with van der Waals surface area (Å²) in [5.41, 5.74) is 2.27. The molecule has 3 rings (SSSR count). The number of thioether (sulfide) groups is 1. The van der Waals surface area contributed by atoms with E-state index in [9.17, 15) is 0 Å². The van der Waals surface area contributed by atoms with E-state index in [1.165, 1.54) is 10.6 Å². The first-order valence-corrected chi connectivity index (χ1v) is 6.94. The van der Waals surface area contributed by atoms with E-state index in [0.717, 1.165) is 17.1 Å². The number of hydrogen-bond donors (Lipinski definition) is 1. The van der Waals surface area contributed by atoms with Crippen molar-refractivity contribution in [2.24, 2.45) is 0 Å². The standard InChI is InChI=1S/C15H15NO2S/c1-17-12-8-5-6-10(14(12)18-2)15-16-11-7-3-4-9-13(11)19-15/h3-9,15-16H,1-2H3/t15-/m1/s1. The summed E-state index contributed by atoms with van der Waals surface area (Å²) in [6, 6.07) is 14.3. The fourth-order valence-electron chi connectivity index (χ4n) is 2.25. The topological polar surface area (TPSA) is 30.5 Å². The van der Waals surface area contributed by atoms with Gasteiger partial charge in [0, 0.05) is 16.1 Å². The molecule has 0 radical (unpaired) electrons. The molecule has 0 aromatic heterocycles. The second kappa shape index (κ2) is 5.05. The Morgan fingerprint density at radius 2 is 1.84 bits per heavy atom. The van der Waals surface area contributed by atoms with E-state index in [1.54, 1.807) is 26.0 Å². The Labute approximate surface area is 116 Å². The summed E-state index contributed by atoms with van der Waals surface area (Å²) in [6.07, 6.45) is 0. The van der Waals surface area contributed by atoms with E-state index in [4.69, 9.17) is 9.47 Å². The molecule has 1 aliphatic rings. The Kier molecular flexibility index (Phi) is 3.25. The highest BCUT2D eigenvalue weighted by molar-refractivity contribution is 8.00. The van der Waals surface area contributed by atoms with E-state index in [1.807, 2.05) is 18.2 Å². The molecule has 0 saturated carbocycles. The van der Waals surface area contributed by atoms with Crippen molar-refractivity contribution in [2.45, 2.75) is 10.3 Å². The van der Waals surface area contributed by atoms with Gasteiger partial charge in [-0.3, -0.25) is 0 Å². The van der Waals surface area contributed by atoms with Gasteiger partial charge in [-0.05, 0) is 18.2 Å². The van der Waals surface area contributed by atoms with Crippen LogP contribution in [0.15, 0.2) is 47.4 Å². The number of ether oxygens (including phenoxy) is 2.